The van der Waals surface area contributed by atoms with Crippen LogP contribution in [0.1, 0.15) is 13.3 Å². The Morgan fingerprint density at radius 1 is 1.30 bits per heavy atom. The lowest BCUT2D eigenvalue weighted by Gasteiger charge is -2.24. The molecule has 0 spiro atoms. The summed E-state index contributed by atoms with van der Waals surface area (Å²) in [4.78, 5) is 15.1. The number of rotatable bonds is 2. The van der Waals surface area contributed by atoms with Gasteiger partial charge in [0.05, 0.1) is 18.0 Å². The smallest absolute Gasteiger partial charge is 0.236 e. The van der Waals surface area contributed by atoms with Crippen molar-refractivity contribution >= 4 is 28.8 Å². The van der Waals surface area contributed by atoms with Gasteiger partial charge in [-0.2, -0.15) is 0 Å². The van der Waals surface area contributed by atoms with Crippen LogP contribution in [0.2, 0.25) is 0 Å². The van der Waals surface area contributed by atoms with Crippen LogP contribution in [0, 0.1) is 17.8 Å². The lowest BCUT2D eigenvalue weighted by Crippen LogP contribution is -2.30. The molecule has 1 amide bonds. The van der Waals surface area contributed by atoms with Crippen LogP contribution >= 0.6 is 12.2 Å². The Balaban J connectivity index is 1.94. The molecule has 3 rings (SSSR count). The molecular formula is C16H17NO2S. The number of carbonyl (C=O) groups excluding carboxylic acids is 1. The Kier molecular flexibility index (Phi) is 3.34. The molecule has 0 N–H and O–H groups in total. The first kappa shape index (κ1) is 13.3. The van der Waals surface area contributed by atoms with Gasteiger partial charge in [-0.15, -0.1) is 0 Å². The van der Waals surface area contributed by atoms with Crippen molar-refractivity contribution in [2.75, 3.05) is 12.0 Å². The molecule has 0 saturated carbocycles. The van der Waals surface area contributed by atoms with Gasteiger partial charge >= 0.3 is 0 Å². The minimum atomic E-state index is 0.00426. The summed E-state index contributed by atoms with van der Waals surface area (Å²) in [6.45, 7) is 2.13. The lowest BCUT2D eigenvalue weighted by molar-refractivity contribution is -0.121. The minimum absolute atomic E-state index is 0.00426. The van der Waals surface area contributed by atoms with E-state index in [4.69, 9.17) is 17.0 Å². The zero-order valence-electron chi connectivity index (χ0n) is 11.6. The molecule has 1 aromatic carbocycles. The number of hydrogen-bond acceptors (Lipinski definition) is 3. The maximum absolute atomic E-state index is 12.6. The molecule has 0 aromatic heterocycles. The molecule has 1 fully saturated rings. The summed E-state index contributed by atoms with van der Waals surface area (Å²) >= 11 is 5.58. The Morgan fingerprint density at radius 2 is 2.00 bits per heavy atom. The molecule has 104 valence electrons. The van der Waals surface area contributed by atoms with Crippen LogP contribution in [0.25, 0.3) is 0 Å². The Bertz CT molecular complexity index is 579. The monoisotopic (exact) mass is 287 g/mol. The van der Waals surface area contributed by atoms with E-state index >= 15 is 0 Å². The molecule has 3 atom stereocenters. The van der Waals surface area contributed by atoms with E-state index in [0.717, 1.165) is 22.8 Å². The Hall–Kier alpha value is -1.68. The lowest BCUT2D eigenvalue weighted by atomic mass is 9.79. The molecular weight excluding hydrogens is 270 g/mol. The SMILES string of the molecule is COc1ccc(N2C(=O)[C@@H]3CC=C[C@H](C)[C@@H]3C2=S)cc1. The average molecular weight is 287 g/mol. The molecule has 1 saturated heterocycles. The van der Waals surface area contributed by atoms with Gasteiger partial charge in [0.25, 0.3) is 0 Å². The quantitative estimate of drug-likeness (QED) is 0.618. The van der Waals surface area contributed by atoms with Crippen molar-refractivity contribution in [2.24, 2.45) is 17.8 Å². The van der Waals surface area contributed by atoms with Gasteiger partial charge in [0.1, 0.15) is 5.75 Å². The van der Waals surface area contributed by atoms with E-state index < -0.39 is 0 Å². The largest absolute Gasteiger partial charge is 0.497 e. The third-order valence-electron chi connectivity index (χ3n) is 4.20. The first-order chi connectivity index (χ1) is 9.63. The molecule has 4 heteroatoms. The van der Waals surface area contributed by atoms with Gasteiger partial charge in [0.15, 0.2) is 0 Å². The van der Waals surface area contributed by atoms with Gasteiger partial charge in [-0.25, -0.2) is 0 Å². The van der Waals surface area contributed by atoms with E-state index in [9.17, 15) is 4.79 Å². The second kappa shape index (κ2) is 5.02. The van der Waals surface area contributed by atoms with Crippen molar-refractivity contribution in [1.29, 1.82) is 0 Å². The van der Waals surface area contributed by atoms with Crippen molar-refractivity contribution in [3.8, 4) is 5.75 Å². The summed E-state index contributed by atoms with van der Waals surface area (Å²) < 4.78 is 5.15. The fourth-order valence-electron chi connectivity index (χ4n) is 3.13. The number of anilines is 1. The molecule has 1 aromatic rings. The normalized spacial score (nSPS) is 28.7. The van der Waals surface area contributed by atoms with Crippen molar-refractivity contribution in [1.82, 2.24) is 0 Å². The van der Waals surface area contributed by atoms with Gasteiger partial charge in [-0.3, -0.25) is 9.69 Å². The predicted octanol–water partition coefficient (Wildman–Crippen LogP) is 3.20. The Morgan fingerprint density at radius 3 is 2.60 bits per heavy atom. The second-order valence-electron chi connectivity index (χ2n) is 5.37. The van der Waals surface area contributed by atoms with Gasteiger partial charge in [-0.1, -0.05) is 31.3 Å². The highest BCUT2D eigenvalue weighted by Crippen LogP contribution is 2.41. The number of amides is 1. The molecule has 1 aliphatic carbocycles. The van der Waals surface area contributed by atoms with E-state index in [2.05, 4.69) is 19.1 Å². The van der Waals surface area contributed by atoms with Gasteiger partial charge in [0, 0.05) is 11.6 Å². The summed E-state index contributed by atoms with van der Waals surface area (Å²) in [7, 11) is 1.63. The summed E-state index contributed by atoms with van der Waals surface area (Å²) in [6.07, 6.45) is 5.06. The third-order valence-corrected chi connectivity index (χ3v) is 4.66. The van der Waals surface area contributed by atoms with Crippen molar-refractivity contribution in [2.45, 2.75) is 13.3 Å². The van der Waals surface area contributed by atoms with E-state index in [1.807, 2.05) is 24.3 Å². The number of nitrogens with zero attached hydrogens (tertiary/aromatic N) is 1. The topological polar surface area (TPSA) is 29.5 Å². The molecule has 20 heavy (non-hydrogen) atoms. The number of ether oxygens (including phenoxy) is 1. The average Bonchev–Trinajstić information content (AvgIpc) is 2.72. The number of hydrogen-bond donors (Lipinski definition) is 0. The van der Waals surface area contributed by atoms with E-state index in [1.165, 1.54) is 0 Å². The zero-order valence-corrected chi connectivity index (χ0v) is 12.4. The molecule has 0 unspecified atom stereocenters. The molecule has 1 aliphatic heterocycles. The number of fused-ring (bicyclic) bond motifs is 1. The highest BCUT2D eigenvalue weighted by Gasteiger charge is 2.47. The zero-order chi connectivity index (χ0) is 14.3. The fraction of sp³-hybridized carbons (Fsp3) is 0.375. The summed E-state index contributed by atoms with van der Waals surface area (Å²) in [5, 5.41) is 0. The molecule has 3 nitrogen and oxygen atoms in total. The van der Waals surface area contributed by atoms with Crippen molar-refractivity contribution < 1.29 is 9.53 Å². The highest BCUT2D eigenvalue weighted by atomic mass is 32.1. The number of carbonyl (C=O) groups is 1. The first-order valence-electron chi connectivity index (χ1n) is 6.82. The summed E-state index contributed by atoms with van der Waals surface area (Å²) in [6, 6.07) is 7.49. The van der Waals surface area contributed by atoms with Crippen LogP contribution in [0.3, 0.4) is 0 Å². The highest BCUT2D eigenvalue weighted by molar-refractivity contribution is 7.80. The van der Waals surface area contributed by atoms with Crippen molar-refractivity contribution in [3.05, 3.63) is 36.4 Å². The maximum Gasteiger partial charge on any atom is 0.236 e. The van der Waals surface area contributed by atoms with Gasteiger partial charge in [0.2, 0.25) is 5.91 Å². The third kappa shape index (κ3) is 1.95. The molecule has 2 aliphatic rings. The second-order valence-corrected chi connectivity index (χ2v) is 5.78. The predicted molar refractivity (Wildman–Crippen MR) is 83.0 cm³/mol. The first-order valence-corrected chi connectivity index (χ1v) is 7.23. The maximum atomic E-state index is 12.6. The van der Waals surface area contributed by atoms with E-state index in [1.54, 1.807) is 12.0 Å². The fourth-order valence-corrected chi connectivity index (χ4v) is 3.71. The van der Waals surface area contributed by atoms with Crippen LogP contribution in [-0.4, -0.2) is 18.0 Å². The Labute approximate surface area is 124 Å². The van der Waals surface area contributed by atoms with Gasteiger partial charge < -0.3 is 4.74 Å². The van der Waals surface area contributed by atoms with Crippen LogP contribution in [-0.2, 0) is 4.79 Å². The molecule has 1 heterocycles. The van der Waals surface area contributed by atoms with E-state index in [0.29, 0.717) is 5.92 Å². The number of thiocarbonyl (C=S) groups is 1. The van der Waals surface area contributed by atoms with E-state index in [-0.39, 0.29) is 17.7 Å². The molecule has 0 radical (unpaired) electrons. The van der Waals surface area contributed by atoms with Crippen LogP contribution in [0.5, 0.6) is 5.75 Å². The van der Waals surface area contributed by atoms with Gasteiger partial charge in [-0.05, 0) is 36.6 Å². The number of methoxy groups -OCH3 is 1. The summed E-state index contributed by atoms with van der Waals surface area (Å²) in [5.74, 6) is 1.39. The van der Waals surface area contributed by atoms with Crippen LogP contribution in [0.15, 0.2) is 36.4 Å². The minimum Gasteiger partial charge on any atom is -0.497 e. The van der Waals surface area contributed by atoms with Crippen LogP contribution < -0.4 is 9.64 Å². The molecule has 0 bridgehead atoms. The van der Waals surface area contributed by atoms with Crippen molar-refractivity contribution in [3.63, 3.8) is 0 Å². The van der Waals surface area contributed by atoms with Crippen LogP contribution in [0.4, 0.5) is 5.69 Å². The number of benzene rings is 1. The number of allylic oxidation sites excluding steroid dienone is 2. The standard InChI is InChI=1S/C16H17NO2S/c1-10-4-3-5-13-14(10)16(20)17(15(13)18)11-6-8-12(19-2)9-7-11/h3-4,6-10,13-14H,5H2,1-2H3/t10-,13+,14-/m0/s1. The summed E-state index contributed by atoms with van der Waals surface area (Å²) in [5.41, 5.74) is 0.836.